The summed E-state index contributed by atoms with van der Waals surface area (Å²) >= 11 is 0. The van der Waals surface area contributed by atoms with E-state index in [1.807, 2.05) is 23.6 Å². The highest BCUT2D eigenvalue weighted by Crippen LogP contribution is 2.25. The predicted octanol–water partition coefficient (Wildman–Crippen LogP) is 2.18. The van der Waals surface area contributed by atoms with Crippen LogP contribution >= 0.6 is 0 Å². The summed E-state index contributed by atoms with van der Waals surface area (Å²) < 4.78 is 8.71. The number of ether oxygens (including phenoxy) is 1. The molecule has 10 nitrogen and oxygen atoms in total. The minimum absolute atomic E-state index is 0.0451. The van der Waals surface area contributed by atoms with Crippen molar-refractivity contribution in [3.05, 3.63) is 57.3 Å². The quantitative estimate of drug-likeness (QED) is 0.516. The number of amides is 1. The Labute approximate surface area is 221 Å². The van der Waals surface area contributed by atoms with Crippen LogP contribution in [0.5, 0.6) is 0 Å². The van der Waals surface area contributed by atoms with Gasteiger partial charge >= 0.3 is 0 Å². The van der Waals surface area contributed by atoms with Gasteiger partial charge in [-0.3, -0.25) is 9.59 Å². The molecule has 0 bridgehead atoms. The number of carbonyl (C=O) groups excluding carboxylic acids is 1. The lowest BCUT2D eigenvalue weighted by molar-refractivity contribution is -0.116. The zero-order valence-corrected chi connectivity index (χ0v) is 22.0. The lowest BCUT2D eigenvalue weighted by atomic mass is 9.91. The standard InChI is InChI=1S/C28H35N7O3/c1-2-23-25(33-13-11-29-12-14-33)27(37)35-28(31-26(32-35)20-9-15-38-16-10-20)34(23)18-24(36)30-22-8-7-19-5-3-4-6-21(19)17-22/h7-9,17,29H,2-6,10-16,18H2,1H3,(H,30,36). The fourth-order valence-electron chi connectivity index (χ4n) is 5.84. The second-order valence-electron chi connectivity index (χ2n) is 10.2. The van der Waals surface area contributed by atoms with Gasteiger partial charge in [0.2, 0.25) is 11.7 Å². The normalized spacial score (nSPS) is 17.8. The van der Waals surface area contributed by atoms with Crippen LogP contribution in [0.25, 0.3) is 11.4 Å². The van der Waals surface area contributed by atoms with Gasteiger partial charge in [-0.05, 0) is 67.4 Å². The summed E-state index contributed by atoms with van der Waals surface area (Å²) in [5, 5.41) is 11.1. The molecule has 0 spiro atoms. The number of nitrogens with zero attached hydrogens (tertiary/aromatic N) is 5. The van der Waals surface area contributed by atoms with Crippen LogP contribution < -0.4 is 21.1 Å². The minimum atomic E-state index is -0.184. The van der Waals surface area contributed by atoms with E-state index in [9.17, 15) is 9.59 Å². The van der Waals surface area contributed by atoms with Gasteiger partial charge in [-0.1, -0.05) is 19.1 Å². The van der Waals surface area contributed by atoms with E-state index < -0.39 is 0 Å². The third kappa shape index (κ3) is 4.74. The number of nitrogens with one attached hydrogen (secondary N) is 2. The first-order valence-corrected chi connectivity index (χ1v) is 13.8. The van der Waals surface area contributed by atoms with E-state index in [0.717, 1.165) is 56.0 Å². The highest BCUT2D eigenvalue weighted by molar-refractivity contribution is 5.91. The molecule has 200 valence electrons. The Balaban J connectivity index is 1.40. The Morgan fingerprint density at radius 3 is 2.71 bits per heavy atom. The monoisotopic (exact) mass is 517 g/mol. The van der Waals surface area contributed by atoms with Crippen molar-refractivity contribution in [2.75, 3.05) is 49.6 Å². The van der Waals surface area contributed by atoms with Crippen LogP contribution in [-0.2, 0) is 35.3 Å². The van der Waals surface area contributed by atoms with Crippen LogP contribution in [0.1, 0.15) is 48.8 Å². The molecule has 1 fully saturated rings. The van der Waals surface area contributed by atoms with Crippen molar-refractivity contribution in [1.82, 2.24) is 24.5 Å². The molecule has 3 aliphatic rings. The molecule has 10 heteroatoms. The molecule has 1 amide bonds. The van der Waals surface area contributed by atoms with Crippen LogP contribution in [-0.4, -0.2) is 64.5 Å². The van der Waals surface area contributed by atoms with Crippen LogP contribution in [0.2, 0.25) is 0 Å². The van der Waals surface area contributed by atoms with E-state index >= 15 is 0 Å². The van der Waals surface area contributed by atoms with E-state index in [2.05, 4.69) is 32.8 Å². The van der Waals surface area contributed by atoms with E-state index in [1.54, 1.807) is 0 Å². The SMILES string of the molecule is CCc1c(N2CCNCC2)c(=O)n2nc(C3=CCOCC3)nc2n1CC(=O)Nc1ccc2c(c1)CCCC2. The lowest BCUT2D eigenvalue weighted by Crippen LogP contribution is -2.47. The fraction of sp³-hybridized carbons (Fsp3) is 0.500. The lowest BCUT2D eigenvalue weighted by Gasteiger charge is -2.31. The number of aryl methyl sites for hydroxylation is 2. The third-order valence-electron chi connectivity index (χ3n) is 7.78. The minimum Gasteiger partial charge on any atom is -0.377 e. The Kier molecular flexibility index (Phi) is 6.99. The topological polar surface area (TPSA) is 106 Å². The summed E-state index contributed by atoms with van der Waals surface area (Å²) in [6.45, 7) is 6.21. The van der Waals surface area contributed by atoms with E-state index in [4.69, 9.17) is 9.72 Å². The Morgan fingerprint density at radius 1 is 1.13 bits per heavy atom. The smallest absolute Gasteiger partial charge is 0.299 e. The van der Waals surface area contributed by atoms with Gasteiger partial charge in [0.25, 0.3) is 5.56 Å². The van der Waals surface area contributed by atoms with E-state index in [0.29, 0.717) is 43.3 Å². The molecule has 2 aliphatic heterocycles. The van der Waals surface area contributed by atoms with Gasteiger partial charge in [0.05, 0.1) is 18.9 Å². The second kappa shape index (κ2) is 10.7. The highest BCUT2D eigenvalue weighted by Gasteiger charge is 2.26. The first kappa shape index (κ1) is 24.8. The molecule has 0 unspecified atom stereocenters. The molecule has 38 heavy (non-hydrogen) atoms. The molecule has 1 aliphatic carbocycles. The van der Waals surface area contributed by atoms with Gasteiger partial charge < -0.3 is 24.8 Å². The number of hydrogen-bond donors (Lipinski definition) is 2. The molecule has 4 heterocycles. The number of carbonyl (C=O) groups is 1. The molecule has 2 aromatic heterocycles. The third-order valence-corrected chi connectivity index (χ3v) is 7.78. The van der Waals surface area contributed by atoms with Crippen molar-refractivity contribution in [3.8, 4) is 0 Å². The summed E-state index contributed by atoms with van der Waals surface area (Å²) in [6, 6.07) is 6.23. The molecule has 0 radical (unpaired) electrons. The Bertz CT molecular complexity index is 1450. The Morgan fingerprint density at radius 2 is 1.95 bits per heavy atom. The first-order chi connectivity index (χ1) is 18.6. The zero-order chi connectivity index (χ0) is 26.1. The average molecular weight is 518 g/mol. The van der Waals surface area contributed by atoms with Crippen molar-refractivity contribution in [2.45, 2.75) is 52.0 Å². The summed E-state index contributed by atoms with van der Waals surface area (Å²) in [6.07, 6.45) is 7.81. The molecular weight excluding hydrogens is 482 g/mol. The Hall–Kier alpha value is -3.50. The zero-order valence-electron chi connectivity index (χ0n) is 22.0. The predicted molar refractivity (Wildman–Crippen MR) is 147 cm³/mol. The number of aromatic nitrogens is 4. The van der Waals surface area contributed by atoms with Gasteiger partial charge in [0.15, 0.2) is 5.82 Å². The number of rotatable bonds is 6. The molecule has 1 aromatic carbocycles. The summed E-state index contributed by atoms with van der Waals surface area (Å²) in [7, 11) is 0. The van der Waals surface area contributed by atoms with Crippen LogP contribution in [0.4, 0.5) is 11.4 Å². The number of benzene rings is 1. The summed E-state index contributed by atoms with van der Waals surface area (Å²) in [4.78, 5) is 34.1. The van der Waals surface area contributed by atoms with E-state index in [-0.39, 0.29) is 18.0 Å². The molecule has 6 rings (SSSR count). The largest absolute Gasteiger partial charge is 0.377 e. The number of fused-ring (bicyclic) bond motifs is 2. The highest BCUT2D eigenvalue weighted by atomic mass is 16.5. The van der Waals surface area contributed by atoms with Gasteiger partial charge in [-0.25, -0.2) is 0 Å². The first-order valence-electron chi connectivity index (χ1n) is 13.8. The van der Waals surface area contributed by atoms with Crippen molar-refractivity contribution in [2.24, 2.45) is 0 Å². The maximum absolute atomic E-state index is 13.8. The van der Waals surface area contributed by atoms with Crippen LogP contribution in [0.3, 0.4) is 0 Å². The van der Waals surface area contributed by atoms with Gasteiger partial charge in [0, 0.05) is 31.9 Å². The van der Waals surface area contributed by atoms with Crippen LogP contribution in [0.15, 0.2) is 29.1 Å². The maximum atomic E-state index is 13.8. The summed E-state index contributed by atoms with van der Waals surface area (Å²) in [5.41, 5.74) is 5.71. The molecule has 0 atom stereocenters. The molecule has 0 saturated carbocycles. The molecule has 2 N–H and O–H groups in total. The van der Waals surface area contributed by atoms with Gasteiger partial charge in [0.1, 0.15) is 12.2 Å². The molecule has 3 aromatic rings. The van der Waals surface area contributed by atoms with Crippen molar-refractivity contribution < 1.29 is 9.53 Å². The average Bonchev–Trinajstić information content (AvgIpc) is 3.41. The van der Waals surface area contributed by atoms with Crippen molar-refractivity contribution in [3.63, 3.8) is 0 Å². The fourth-order valence-corrected chi connectivity index (χ4v) is 5.84. The van der Waals surface area contributed by atoms with Crippen molar-refractivity contribution >= 4 is 28.6 Å². The summed E-state index contributed by atoms with van der Waals surface area (Å²) in [5.74, 6) is 0.768. The second-order valence-corrected chi connectivity index (χ2v) is 10.2. The van der Waals surface area contributed by atoms with E-state index in [1.165, 1.54) is 28.5 Å². The van der Waals surface area contributed by atoms with Gasteiger partial charge in [-0.15, -0.1) is 5.10 Å². The molecular formula is C28H35N7O3. The molecule has 1 saturated heterocycles. The van der Waals surface area contributed by atoms with Crippen molar-refractivity contribution in [1.29, 1.82) is 0 Å². The maximum Gasteiger partial charge on any atom is 0.299 e. The number of anilines is 2. The number of piperazine rings is 1. The van der Waals surface area contributed by atoms with Crippen LogP contribution in [0, 0.1) is 0 Å². The number of hydrogen-bond acceptors (Lipinski definition) is 7. The van der Waals surface area contributed by atoms with Gasteiger partial charge in [-0.2, -0.15) is 9.50 Å².